The van der Waals surface area contributed by atoms with Crippen molar-refractivity contribution in [1.29, 1.82) is 0 Å². The first kappa shape index (κ1) is 17.6. The van der Waals surface area contributed by atoms with Gasteiger partial charge in [0, 0.05) is 60.1 Å². The van der Waals surface area contributed by atoms with Crippen LogP contribution in [0.5, 0.6) is 0 Å². The van der Waals surface area contributed by atoms with E-state index in [0.29, 0.717) is 31.7 Å². The van der Waals surface area contributed by atoms with Crippen molar-refractivity contribution in [2.45, 2.75) is 0 Å². The van der Waals surface area contributed by atoms with Crippen molar-refractivity contribution in [2.24, 2.45) is 0 Å². The number of aromatic amines is 1. The molecule has 4 aromatic rings. The fraction of sp³-hybridized carbons (Fsp3) is 0.174. The fourth-order valence-electron chi connectivity index (χ4n) is 3.98. The van der Waals surface area contributed by atoms with Gasteiger partial charge in [0.1, 0.15) is 11.6 Å². The average molecular weight is 389 g/mol. The molecule has 1 saturated heterocycles. The third-order valence-electron chi connectivity index (χ3n) is 5.48. The number of anilines is 1. The molecule has 0 saturated carbocycles. The van der Waals surface area contributed by atoms with E-state index in [0.717, 1.165) is 27.9 Å². The van der Waals surface area contributed by atoms with Crippen LogP contribution in [0.1, 0.15) is 10.4 Å². The highest BCUT2D eigenvalue weighted by Gasteiger charge is 2.25. The number of aromatic nitrogens is 1. The number of fused-ring (bicyclic) bond motifs is 1. The van der Waals surface area contributed by atoms with Crippen LogP contribution in [-0.4, -0.2) is 42.0 Å². The maximum absolute atomic E-state index is 13.3. The predicted octanol–water partition coefficient (Wildman–Crippen LogP) is 4.53. The van der Waals surface area contributed by atoms with Gasteiger partial charge in [0.15, 0.2) is 0 Å². The number of carbonyl (C=O) groups excluding carboxylic acids is 1. The lowest BCUT2D eigenvalue weighted by molar-refractivity contribution is 0.0749. The Balaban J connectivity index is 1.40. The van der Waals surface area contributed by atoms with E-state index in [1.807, 2.05) is 41.4 Å². The molecule has 1 fully saturated rings. The lowest BCUT2D eigenvalue weighted by Gasteiger charge is -2.36. The molecule has 5 rings (SSSR count). The van der Waals surface area contributed by atoms with E-state index in [-0.39, 0.29) is 11.7 Å². The summed E-state index contributed by atoms with van der Waals surface area (Å²) in [7, 11) is 0. The number of hydrogen-bond acceptors (Lipinski definition) is 3. The fourth-order valence-corrected chi connectivity index (χ4v) is 3.98. The number of piperazine rings is 1. The van der Waals surface area contributed by atoms with Crippen LogP contribution in [0.25, 0.3) is 22.2 Å². The molecule has 3 heterocycles. The Hall–Kier alpha value is -3.54. The number of benzene rings is 2. The van der Waals surface area contributed by atoms with Gasteiger partial charge in [-0.25, -0.2) is 4.39 Å². The third-order valence-corrected chi connectivity index (χ3v) is 5.48. The van der Waals surface area contributed by atoms with Crippen LogP contribution in [0.4, 0.5) is 10.1 Å². The highest BCUT2D eigenvalue weighted by molar-refractivity contribution is 6.11. The van der Waals surface area contributed by atoms with E-state index in [4.69, 9.17) is 4.42 Å². The molecule has 0 spiro atoms. The number of rotatable bonds is 3. The van der Waals surface area contributed by atoms with Crippen molar-refractivity contribution in [3.05, 3.63) is 78.4 Å². The Morgan fingerprint density at radius 3 is 2.48 bits per heavy atom. The van der Waals surface area contributed by atoms with Crippen LogP contribution in [0.15, 0.2) is 71.5 Å². The van der Waals surface area contributed by atoms with Gasteiger partial charge in [-0.05, 0) is 48.5 Å². The van der Waals surface area contributed by atoms with Gasteiger partial charge in [-0.3, -0.25) is 4.79 Å². The summed E-state index contributed by atoms with van der Waals surface area (Å²) < 4.78 is 18.7. The van der Waals surface area contributed by atoms with Crippen LogP contribution in [0.2, 0.25) is 0 Å². The summed E-state index contributed by atoms with van der Waals surface area (Å²) in [6.07, 6.45) is 3.51. The highest BCUT2D eigenvalue weighted by atomic mass is 19.1. The van der Waals surface area contributed by atoms with Crippen LogP contribution in [-0.2, 0) is 0 Å². The summed E-state index contributed by atoms with van der Waals surface area (Å²) in [6.45, 7) is 2.66. The minimum atomic E-state index is -0.241. The molecule has 0 bridgehead atoms. The largest absolute Gasteiger partial charge is 0.464 e. The van der Waals surface area contributed by atoms with Gasteiger partial charge in [-0.15, -0.1) is 0 Å². The number of hydrogen-bond donors (Lipinski definition) is 1. The molecular weight excluding hydrogens is 369 g/mol. The van der Waals surface area contributed by atoms with Crippen LogP contribution >= 0.6 is 0 Å². The minimum absolute atomic E-state index is 0.0155. The van der Waals surface area contributed by atoms with Gasteiger partial charge in [0.25, 0.3) is 5.91 Å². The van der Waals surface area contributed by atoms with Crippen LogP contribution < -0.4 is 4.90 Å². The van der Waals surface area contributed by atoms with E-state index in [2.05, 4.69) is 9.88 Å². The van der Waals surface area contributed by atoms with Gasteiger partial charge < -0.3 is 19.2 Å². The first-order valence-electron chi connectivity index (χ1n) is 9.64. The molecule has 5 nitrogen and oxygen atoms in total. The summed E-state index contributed by atoms with van der Waals surface area (Å²) in [5.74, 6) is 0.508. The second-order valence-electron chi connectivity index (χ2n) is 7.16. The maximum Gasteiger partial charge on any atom is 0.254 e. The molecule has 146 valence electrons. The predicted molar refractivity (Wildman–Crippen MR) is 111 cm³/mol. The van der Waals surface area contributed by atoms with Crippen molar-refractivity contribution >= 4 is 22.5 Å². The zero-order chi connectivity index (χ0) is 19.8. The Morgan fingerprint density at radius 1 is 0.966 bits per heavy atom. The van der Waals surface area contributed by atoms with Gasteiger partial charge in [-0.2, -0.15) is 0 Å². The molecule has 0 atom stereocenters. The Morgan fingerprint density at radius 2 is 1.76 bits per heavy atom. The SMILES string of the molecule is O=C(c1cccc2[nH]cc(-c3ccco3)c12)N1CCN(c2ccc(F)cc2)CC1. The molecule has 1 aliphatic heterocycles. The van der Waals surface area contributed by atoms with Gasteiger partial charge in [-0.1, -0.05) is 6.07 Å². The topological polar surface area (TPSA) is 52.5 Å². The summed E-state index contributed by atoms with van der Waals surface area (Å²) in [5.41, 5.74) is 3.45. The number of furan rings is 1. The zero-order valence-electron chi connectivity index (χ0n) is 15.8. The molecule has 29 heavy (non-hydrogen) atoms. The number of carbonyl (C=O) groups is 1. The Labute approximate surface area is 167 Å². The Kier molecular flexibility index (Phi) is 4.31. The lowest BCUT2D eigenvalue weighted by atomic mass is 10.0. The quantitative estimate of drug-likeness (QED) is 0.560. The normalized spacial score (nSPS) is 14.5. The van der Waals surface area contributed by atoms with E-state index in [9.17, 15) is 9.18 Å². The number of H-pyrrole nitrogens is 1. The standard InChI is InChI=1S/C23H20FN3O2/c24-16-6-8-17(9-7-16)26-10-12-27(13-11-26)23(28)18-3-1-4-20-22(18)19(15-25-20)21-5-2-14-29-21/h1-9,14-15,25H,10-13H2. The van der Waals surface area contributed by atoms with Gasteiger partial charge >= 0.3 is 0 Å². The number of nitrogens with one attached hydrogen (secondary N) is 1. The first-order chi connectivity index (χ1) is 14.2. The molecule has 1 amide bonds. The van der Waals surface area contributed by atoms with Crippen LogP contribution in [0, 0.1) is 5.82 Å². The van der Waals surface area contributed by atoms with Crippen molar-refractivity contribution in [1.82, 2.24) is 9.88 Å². The summed E-state index contributed by atoms with van der Waals surface area (Å²) in [4.78, 5) is 20.6. The molecule has 2 aromatic heterocycles. The molecule has 0 radical (unpaired) electrons. The maximum atomic E-state index is 13.3. The molecule has 6 heteroatoms. The average Bonchev–Trinajstić information content (AvgIpc) is 3.43. The molecule has 2 aromatic carbocycles. The highest BCUT2D eigenvalue weighted by Crippen LogP contribution is 2.32. The molecule has 0 unspecified atom stereocenters. The summed E-state index contributed by atoms with van der Waals surface area (Å²) >= 11 is 0. The number of amides is 1. The smallest absolute Gasteiger partial charge is 0.254 e. The van der Waals surface area contributed by atoms with E-state index in [1.54, 1.807) is 18.4 Å². The number of halogens is 1. The second kappa shape index (κ2) is 7.13. The third kappa shape index (κ3) is 3.16. The Bertz CT molecular complexity index is 1140. The molecule has 1 N–H and O–H groups in total. The summed E-state index contributed by atoms with van der Waals surface area (Å²) in [6, 6.07) is 16.0. The van der Waals surface area contributed by atoms with Crippen molar-refractivity contribution < 1.29 is 13.6 Å². The van der Waals surface area contributed by atoms with Crippen molar-refractivity contribution in [3.63, 3.8) is 0 Å². The minimum Gasteiger partial charge on any atom is -0.464 e. The first-order valence-corrected chi connectivity index (χ1v) is 9.64. The van der Waals surface area contributed by atoms with E-state index in [1.165, 1.54) is 12.1 Å². The van der Waals surface area contributed by atoms with Crippen LogP contribution in [0.3, 0.4) is 0 Å². The van der Waals surface area contributed by atoms with E-state index < -0.39 is 0 Å². The van der Waals surface area contributed by atoms with Gasteiger partial charge in [0.05, 0.1) is 6.26 Å². The molecule has 1 aliphatic rings. The van der Waals surface area contributed by atoms with Crippen molar-refractivity contribution in [3.8, 4) is 11.3 Å². The lowest BCUT2D eigenvalue weighted by Crippen LogP contribution is -2.48. The zero-order valence-corrected chi connectivity index (χ0v) is 15.8. The summed E-state index contributed by atoms with van der Waals surface area (Å²) in [5, 5.41) is 0.883. The monoisotopic (exact) mass is 389 g/mol. The molecular formula is C23H20FN3O2. The second-order valence-corrected chi connectivity index (χ2v) is 7.16. The molecule has 0 aliphatic carbocycles. The van der Waals surface area contributed by atoms with Gasteiger partial charge in [0.2, 0.25) is 0 Å². The van der Waals surface area contributed by atoms with Crippen molar-refractivity contribution in [2.75, 3.05) is 31.1 Å². The number of nitrogens with zero attached hydrogens (tertiary/aromatic N) is 2. The van der Waals surface area contributed by atoms with E-state index >= 15 is 0 Å².